The van der Waals surface area contributed by atoms with E-state index in [0.29, 0.717) is 0 Å². The van der Waals surface area contributed by atoms with Crippen LogP contribution in [0.2, 0.25) is 0 Å². The van der Waals surface area contributed by atoms with Gasteiger partial charge >= 0.3 is 0 Å². The molecule has 2 heteroatoms. The third-order valence-corrected chi connectivity index (χ3v) is 6.55. The van der Waals surface area contributed by atoms with Crippen molar-refractivity contribution in [2.45, 2.75) is 64.2 Å². The van der Waals surface area contributed by atoms with Gasteiger partial charge in [-0.3, -0.25) is 0 Å². The second kappa shape index (κ2) is 10.8. The number of hydrogen-bond acceptors (Lipinski definition) is 2. The van der Waals surface area contributed by atoms with Crippen LogP contribution < -0.4 is 0 Å². The molecule has 0 unspecified atom stereocenters. The molecule has 0 saturated heterocycles. The van der Waals surface area contributed by atoms with Crippen LogP contribution in [0.15, 0.2) is 48.5 Å². The highest BCUT2D eigenvalue weighted by Gasteiger charge is 2.19. The lowest BCUT2D eigenvalue weighted by Gasteiger charge is -2.26. The van der Waals surface area contributed by atoms with E-state index >= 15 is 0 Å². The van der Waals surface area contributed by atoms with Crippen molar-refractivity contribution >= 4 is 0 Å². The van der Waals surface area contributed by atoms with Gasteiger partial charge in [-0.25, -0.2) is 0 Å². The van der Waals surface area contributed by atoms with Gasteiger partial charge in [-0.15, -0.1) is 0 Å². The largest absolute Gasteiger partial charge is 0.396 e. The SMILES string of the molecule is CC1CCC(c2ccc(CCc3ccc(CCC(CO)CO)cc3)cc2)CC1. The summed E-state index contributed by atoms with van der Waals surface area (Å²) in [5.41, 5.74) is 5.60. The van der Waals surface area contributed by atoms with Crippen LogP contribution in [-0.4, -0.2) is 23.4 Å². The van der Waals surface area contributed by atoms with Gasteiger partial charge in [0.1, 0.15) is 0 Å². The van der Waals surface area contributed by atoms with E-state index in [4.69, 9.17) is 10.2 Å². The molecule has 0 aliphatic heterocycles. The van der Waals surface area contributed by atoms with Crippen LogP contribution in [0.5, 0.6) is 0 Å². The smallest absolute Gasteiger partial charge is 0.0481 e. The first-order chi connectivity index (χ1) is 13.7. The number of aliphatic hydroxyl groups excluding tert-OH is 2. The summed E-state index contributed by atoms with van der Waals surface area (Å²) in [6, 6.07) is 18.2. The van der Waals surface area contributed by atoms with Gasteiger partial charge in [0.15, 0.2) is 0 Å². The maximum Gasteiger partial charge on any atom is 0.0481 e. The van der Waals surface area contributed by atoms with Crippen LogP contribution in [-0.2, 0) is 19.3 Å². The van der Waals surface area contributed by atoms with Crippen molar-refractivity contribution in [2.24, 2.45) is 11.8 Å². The maximum atomic E-state index is 9.17. The Labute approximate surface area is 170 Å². The van der Waals surface area contributed by atoms with Gasteiger partial charge < -0.3 is 10.2 Å². The Morgan fingerprint density at radius 1 is 0.714 bits per heavy atom. The predicted octanol–water partition coefficient (Wildman–Crippen LogP) is 5.30. The lowest BCUT2D eigenvalue weighted by atomic mass is 9.79. The predicted molar refractivity (Wildman–Crippen MR) is 117 cm³/mol. The lowest BCUT2D eigenvalue weighted by Crippen LogP contribution is -2.11. The van der Waals surface area contributed by atoms with Crippen molar-refractivity contribution in [1.29, 1.82) is 0 Å². The monoisotopic (exact) mass is 380 g/mol. The van der Waals surface area contributed by atoms with E-state index in [2.05, 4.69) is 55.5 Å². The van der Waals surface area contributed by atoms with Crippen LogP contribution >= 0.6 is 0 Å². The fourth-order valence-electron chi connectivity index (χ4n) is 4.32. The minimum absolute atomic E-state index is 0.000316. The quantitative estimate of drug-likeness (QED) is 0.620. The number of aliphatic hydroxyl groups is 2. The fraction of sp³-hybridized carbons (Fsp3) is 0.538. The Kier molecular flexibility index (Phi) is 8.12. The van der Waals surface area contributed by atoms with Gasteiger partial charge in [-0.05, 0) is 72.6 Å². The van der Waals surface area contributed by atoms with Gasteiger partial charge in [-0.2, -0.15) is 0 Å². The highest BCUT2D eigenvalue weighted by molar-refractivity contribution is 5.28. The molecule has 0 spiro atoms. The first kappa shape index (κ1) is 21.1. The normalized spacial score (nSPS) is 19.9. The molecule has 2 N–H and O–H groups in total. The molecule has 0 radical (unpaired) electrons. The fourth-order valence-corrected chi connectivity index (χ4v) is 4.32. The molecule has 28 heavy (non-hydrogen) atoms. The summed E-state index contributed by atoms with van der Waals surface area (Å²) < 4.78 is 0. The Bertz CT molecular complexity index is 677. The first-order valence-electron chi connectivity index (χ1n) is 11.1. The zero-order valence-corrected chi connectivity index (χ0v) is 17.3. The second-order valence-electron chi connectivity index (χ2n) is 8.78. The molecule has 0 amide bonds. The van der Waals surface area contributed by atoms with E-state index < -0.39 is 0 Å². The topological polar surface area (TPSA) is 40.5 Å². The Morgan fingerprint density at radius 2 is 1.18 bits per heavy atom. The third kappa shape index (κ3) is 6.18. The highest BCUT2D eigenvalue weighted by atomic mass is 16.3. The maximum absolute atomic E-state index is 9.17. The number of benzene rings is 2. The van der Waals surface area contributed by atoms with Gasteiger partial charge in [-0.1, -0.05) is 68.3 Å². The standard InChI is InChI=1S/C26H36O2/c1-20-2-14-25(15-3-20)26-16-12-23(13-17-26)9-8-21-4-6-22(7-5-21)10-11-24(18-27)19-28/h4-7,12-13,16-17,20,24-25,27-28H,2-3,8-11,14-15,18-19H2,1H3. The molecule has 2 nitrogen and oxygen atoms in total. The summed E-state index contributed by atoms with van der Waals surface area (Å²) in [7, 11) is 0. The highest BCUT2D eigenvalue weighted by Crippen LogP contribution is 2.35. The van der Waals surface area contributed by atoms with Crippen molar-refractivity contribution in [3.63, 3.8) is 0 Å². The van der Waals surface area contributed by atoms with Crippen LogP contribution in [0.1, 0.15) is 67.2 Å². The van der Waals surface area contributed by atoms with E-state index in [1.807, 2.05) is 0 Å². The Balaban J connectivity index is 1.46. The van der Waals surface area contributed by atoms with E-state index in [9.17, 15) is 0 Å². The summed E-state index contributed by atoms with van der Waals surface area (Å²) in [6.07, 6.45) is 9.35. The summed E-state index contributed by atoms with van der Waals surface area (Å²) >= 11 is 0. The number of hydrogen-bond donors (Lipinski definition) is 2. The first-order valence-corrected chi connectivity index (χ1v) is 11.1. The molecule has 0 bridgehead atoms. The summed E-state index contributed by atoms with van der Waals surface area (Å²) in [5.74, 6) is 1.68. The summed E-state index contributed by atoms with van der Waals surface area (Å²) in [5, 5.41) is 18.3. The molecule has 2 aromatic carbocycles. The molecule has 3 rings (SSSR count). The molecule has 0 atom stereocenters. The van der Waals surface area contributed by atoms with Crippen LogP contribution in [0.3, 0.4) is 0 Å². The molecule has 1 aliphatic carbocycles. The van der Waals surface area contributed by atoms with Crippen LogP contribution in [0, 0.1) is 11.8 Å². The minimum Gasteiger partial charge on any atom is -0.396 e. The van der Waals surface area contributed by atoms with Crippen LogP contribution in [0.25, 0.3) is 0 Å². The van der Waals surface area contributed by atoms with Gasteiger partial charge in [0.05, 0.1) is 0 Å². The molecule has 1 saturated carbocycles. The number of rotatable bonds is 9. The molecule has 0 heterocycles. The van der Waals surface area contributed by atoms with Gasteiger partial charge in [0, 0.05) is 19.1 Å². The molecular formula is C26H36O2. The van der Waals surface area contributed by atoms with Crippen molar-refractivity contribution in [3.8, 4) is 0 Å². The number of aryl methyl sites for hydroxylation is 3. The molecular weight excluding hydrogens is 344 g/mol. The average molecular weight is 381 g/mol. The molecule has 2 aromatic rings. The van der Waals surface area contributed by atoms with Crippen molar-refractivity contribution in [3.05, 3.63) is 70.8 Å². The Morgan fingerprint density at radius 3 is 1.68 bits per heavy atom. The molecule has 152 valence electrons. The Hall–Kier alpha value is -1.64. The van der Waals surface area contributed by atoms with Crippen molar-refractivity contribution in [2.75, 3.05) is 13.2 Å². The van der Waals surface area contributed by atoms with E-state index in [-0.39, 0.29) is 19.1 Å². The van der Waals surface area contributed by atoms with Crippen molar-refractivity contribution < 1.29 is 10.2 Å². The van der Waals surface area contributed by atoms with Gasteiger partial charge in [0.25, 0.3) is 0 Å². The zero-order chi connectivity index (χ0) is 19.8. The second-order valence-corrected chi connectivity index (χ2v) is 8.78. The molecule has 1 aliphatic rings. The van der Waals surface area contributed by atoms with Crippen LogP contribution in [0.4, 0.5) is 0 Å². The minimum atomic E-state index is -0.000316. The average Bonchev–Trinajstić information content (AvgIpc) is 2.75. The van der Waals surface area contributed by atoms with Gasteiger partial charge in [0.2, 0.25) is 0 Å². The lowest BCUT2D eigenvalue weighted by molar-refractivity contribution is 0.144. The summed E-state index contributed by atoms with van der Waals surface area (Å²) in [4.78, 5) is 0. The van der Waals surface area contributed by atoms with E-state index in [1.165, 1.54) is 47.9 Å². The third-order valence-electron chi connectivity index (χ3n) is 6.55. The molecule has 1 fully saturated rings. The van der Waals surface area contributed by atoms with E-state index in [1.54, 1.807) is 0 Å². The summed E-state index contributed by atoms with van der Waals surface area (Å²) in [6.45, 7) is 2.51. The molecule has 0 aromatic heterocycles. The van der Waals surface area contributed by atoms with E-state index in [0.717, 1.165) is 37.5 Å². The zero-order valence-electron chi connectivity index (χ0n) is 17.3. The van der Waals surface area contributed by atoms with Crippen molar-refractivity contribution in [1.82, 2.24) is 0 Å².